The quantitative estimate of drug-likeness (QED) is 0.121. The van der Waals surface area contributed by atoms with Crippen LogP contribution >= 0.6 is 11.8 Å². The van der Waals surface area contributed by atoms with Gasteiger partial charge in [0, 0.05) is 36.1 Å². The second-order valence-electron chi connectivity index (χ2n) is 10.1. The number of thioether (sulfide) groups is 1. The summed E-state index contributed by atoms with van der Waals surface area (Å²) in [6.45, 7) is 1.63. The predicted molar refractivity (Wildman–Crippen MR) is 137 cm³/mol. The highest BCUT2D eigenvalue weighted by Gasteiger charge is 2.44. The lowest BCUT2D eigenvalue weighted by Gasteiger charge is -2.43. The number of hydrogen-bond acceptors (Lipinski definition) is 10. The van der Waals surface area contributed by atoms with Gasteiger partial charge in [0.1, 0.15) is 12.2 Å². The van der Waals surface area contributed by atoms with Crippen molar-refractivity contribution in [3.63, 3.8) is 0 Å². The van der Waals surface area contributed by atoms with Crippen LogP contribution in [0.3, 0.4) is 0 Å². The molecule has 0 aromatic carbocycles. The first kappa shape index (κ1) is 30.6. The van der Waals surface area contributed by atoms with E-state index in [-0.39, 0.29) is 25.0 Å². The lowest BCUT2D eigenvalue weighted by atomic mass is 9.83. The molecule has 1 saturated heterocycles. The van der Waals surface area contributed by atoms with Crippen LogP contribution in [0.1, 0.15) is 77.6 Å². The highest BCUT2D eigenvalue weighted by molar-refractivity contribution is 7.99. The Labute approximate surface area is 213 Å². The van der Waals surface area contributed by atoms with Crippen molar-refractivity contribution in [3.8, 4) is 0 Å². The number of ether oxygens (including phenoxy) is 2. The normalized spacial score (nSPS) is 33.5. The topological polar surface area (TPSA) is 167 Å². The summed E-state index contributed by atoms with van der Waals surface area (Å²) in [6.07, 6.45) is 2.04. The molecule has 0 spiro atoms. The van der Waals surface area contributed by atoms with E-state index in [9.17, 15) is 25.5 Å². The minimum Gasteiger partial charge on any atom is -0.396 e. The maximum Gasteiger partial charge on any atom is 0.186 e. The minimum atomic E-state index is -1.27. The molecule has 0 radical (unpaired) electrons. The molecular formula is C25H46N2O7S. The first-order valence-corrected chi connectivity index (χ1v) is 14.2. The van der Waals surface area contributed by atoms with Gasteiger partial charge in [-0.05, 0) is 64.0 Å². The van der Waals surface area contributed by atoms with E-state index >= 15 is 0 Å². The second kappa shape index (κ2) is 16.3. The molecule has 10 heteroatoms. The second-order valence-corrected chi connectivity index (χ2v) is 11.2. The molecule has 8 atom stereocenters. The lowest BCUT2D eigenvalue weighted by Crippen LogP contribution is -2.56. The van der Waals surface area contributed by atoms with Gasteiger partial charge in [-0.1, -0.05) is 12.8 Å². The molecule has 0 bridgehead atoms. The smallest absolute Gasteiger partial charge is 0.186 e. The van der Waals surface area contributed by atoms with Crippen LogP contribution in [-0.4, -0.2) is 98.0 Å². The Balaban J connectivity index is 1.65. The average Bonchev–Trinajstić information content (AvgIpc) is 2.81. The zero-order valence-corrected chi connectivity index (χ0v) is 21.8. The van der Waals surface area contributed by atoms with Gasteiger partial charge in [-0.25, -0.2) is 0 Å². The third kappa shape index (κ3) is 10.7. The number of unbranched alkanes of at least 4 members (excludes halogenated alkanes) is 3. The summed E-state index contributed by atoms with van der Waals surface area (Å²) < 4.78 is 11.7. The van der Waals surface area contributed by atoms with Gasteiger partial charge in [0.25, 0.3) is 0 Å². The molecule has 1 saturated carbocycles. The highest BCUT2D eigenvalue weighted by Crippen LogP contribution is 2.32. The Morgan fingerprint density at radius 3 is 2.29 bits per heavy atom. The number of nitrogens with one attached hydrogen (secondary N) is 2. The summed E-state index contributed by atoms with van der Waals surface area (Å²) in [4.78, 5) is 0. The van der Waals surface area contributed by atoms with Crippen molar-refractivity contribution in [2.75, 3.05) is 18.1 Å². The van der Waals surface area contributed by atoms with Crippen LogP contribution < -0.4 is 0 Å². The van der Waals surface area contributed by atoms with Gasteiger partial charge in [-0.3, -0.25) is 0 Å². The van der Waals surface area contributed by atoms with Crippen molar-refractivity contribution in [1.82, 2.24) is 0 Å². The molecule has 1 aliphatic heterocycles. The number of hydrogen-bond donors (Lipinski definition) is 7. The summed E-state index contributed by atoms with van der Waals surface area (Å²) in [5, 5.41) is 66.2. The van der Waals surface area contributed by atoms with Crippen LogP contribution in [0.4, 0.5) is 0 Å². The molecule has 0 aromatic heterocycles. The number of aliphatic hydroxyl groups is 5. The highest BCUT2D eigenvalue weighted by atomic mass is 32.2. The van der Waals surface area contributed by atoms with Crippen molar-refractivity contribution in [2.24, 2.45) is 5.92 Å². The summed E-state index contributed by atoms with van der Waals surface area (Å²) >= 11 is 1.68. The number of rotatable bonds is 16. The van der Waals surface area contributed by atoms with Gasteiger partial charge in [0.2, 0.25) is 0 Å². The fourth-order valence-corrected chi connectivity index (χ4v) is 5.70. The van der Waals surface area contributed by atoms with Crippen molar-refractivity contribution in [1.29, 1.82) is 10.8 Å². The molecule has 9 nitrogen and oxygen atoms in total. The Bertz CT molecular complexity index is 639. The number of aliphatic hydroxyl groups excluding tert-OH is 5. The molecule has 0 aromatic rings. The van der Waals surface area contributed by atoms with E-state index < -0.39 is 36.8 Å². The van der Waals surface area contributed by atoms with Gasteiger partial charge in [-0.2, -0.15) is 11.8 Å². The molecule has 204 valence electrons. The Kier molecular flexibility index (Phi) is 14.3. The summed E-state index contributed by atoms with van der Waals surface area (Å²) in [7, 11) is 0. The largest absolute Gasteiger partial charge is 0.396 e. The molecule has 35 heavy (non-hydrogen) atoms. The molecular weight excluding hydrogens is 472 g/mol. The Morgan fingerprint density at radius 2 is 1.60 bits per heavy atom. The molecule has 0 amide bonds. The monoisotopic (exact) mass is 518 g/mol. The molecule has 2 fully saturated rings. The summed E-state index contributed by atoms with van der Waals surface area (Å²) in [5.74, 6) is 1.10. The Hall–Kier alpha value is -0.590. The van der Waals surface area contributed by atoms with E-state index in [4.69, 9.17) is 20.3 Å². The molecule has 1 aliphatic carbocycles. The SMILES string of the molecule is CC(=N)CCCCCCC(=N)CCCSCC1CC(O)C(O)C(OC2C(CO)CCC(O)C2O)O1. The van der Waals surface area contributed by atoms with Crippen molar-refractivity contribution in [2.45, 2.75) is 120 Å². The van der Waals surface area contributed by atoms with Crippen molar-refractivity contribution in [3.05, 3.63) is 0 Å². The van der Waals surface area contributed by atoms with Crippen molar-refractivity contribution >= 4 is 23.2 Å². The fraction of sp³-hybridized carbons (Fsp3) is 0.920. The van der Waals surface area contributed by atoms with E-state index in [2.05, 4.69) is 0 Å². The average molecular weight is 519 g/mol. The van der Waals surface area contributed by atoms with Gasteiger partial charge in [0.15, 0.2) is 6.29 Å². The maximum absolute atomic E-state index is 10.4. The van der Waals surface area contributed by atoms with E-state index in [0.717, 1.165) is 68.5 Å². The van der Waals surface area contributed by atoms with Crippen LogP contribution in [-0.2, 0) is 9.47 Å². The zero-order chi connectivity index (χ0) is 25.8. The summed E-state index contributed by atoms with van der Waals surface area (Å²) in [6, 6.07) is 0. The first-order chi connectivity index (χ1) is 16.7. The molecule has 8 unspecified atom stereocenters. The fourth-order valence-electron chi connectivity index (χ4n) is 4.70. The maximum atomic E-state index is 10.4. The molecule has 2 rings (SSSR count). The van der Waals surface area contributed by atoms with E-state index in [0.29, 0.717) is 18.6 Å². The van der Waals surface area contributed by atoms with Gasteiger partial charge in [0.05, 0.1) is 24.4 Å². The van der Waals surface area contributed by atoms with E-state index in [1.807, 2.05) is 6.92 Å². The van der Waals surface area contributed by atoms with Crippen LogP contribution in [0.5, 0.6) is 0 Å². The molecule has 1 heterocycles. The molecule has 2 aliphatic rings. The van der Waals surface area contributed by atoms with Crippen LogP contribution in [0.2, 0.25) is 0 Å². The first-order valence-electron chi connectivity index (χ1n) is 13.0. The van der Waals surface area contributed by atoms with E-state index in [1.165, 1.54) is 0 Å². The standard InChI is InChI=1S/C25H46N2O7S/c1-16(26)7-4-2-3-5-8-18(27)9-6-12-35-15-19-13-21(30)23(32)25(33-19)34-24-17(14-28)10-11-20(29)22(24)31/h17,19-32H,2-15H2,1H3. The van der Waals surface area contributed by atoms with Gasteiger partial charge < -0.3 is 45.8 Å². The Morgan fingerprint density at radius 1 is 0.914 bits per heavy atom. The van der Waals surface area contributed by atoms with Crippen molar-refractivity contribution < 1.29 is 35.0 Å². The van der Waals surface area contributed by atoms with Gasteiger partial charge >= 0.3 is 0 Å². The summed E-state index contributed by atoms with van der Waals surface area (Å²) in [5.41, 5.74) is 1.52. The zero-order valence-electron chi connectivity index (χ0n) is 21.0. The third-order valence-electron chi connectivity index (χ3n) is 6.91. The van der Waals surface area contributed by atoms with Crippen LogP contribution in [0, 0.1) is 16.7 Å². The molecule has 7 N–H and O–H groups in total. The van der Waals surface area contributed by atoms with Crippen LogP contribution in [0.15, 0.2) is 0 Å². The lowest BCUT2D eigenvalue weighted by molar-refractivity contribution is -0.300. The van der Waals surface area contributed by atoms with E-state index in [1.54, 1.807) is 11.8 Å². The minimum absolute atomic E-state index is 0.210. The third-order valence-corrected chi connectivity index (χ3v) is 8.09. The van der Waals surface area contributed by atoms with Crippen LogP contribution in [0.25, 0.3) is 0 Å². The predicted octanol–water partition coefficient (Wildman–Crippen LogP) is 2.25. The van der Waals surface area contributed by atoms with Gasteiger partial charge in [-0.15, -0.1) is 0 Å².